The highest BCUT2D eigenvalue weighted by atomic mass is 16.2. The second kappa shape index (κ2) is 7.09. The first-order valence-corrected chi connectivity index (χ1v) is 7.99. The Labute approximate surface area is 142 Å². The van der Waals surface area contributed by atoms with Crippen molar-refractivity contribution < 1.29 is 4.79 Å². The quantitative estimate of drug-likeness (QED) is 0.707. The number of pyridine rings is 1. The molecule has 3 rings (SSSR count). The molecule has 120 valence electrons. The molecule has 3 aromatic rings. The number of rotatable bonds is 4. The van der Waals surface area contributed by atoms with Gasteiger partial charge in [-0.3, -0.25) is 9.78 Å². The van der Waals surface area contributed by atoms with Crippen molar-refractivity contribution in [1.29, 1.82) is 0 Å². The Kier molecular flexibility index (Phi) is 4.71. The number of amides is 1. The van der Waals surface area contributed by atoms with Crippen molar-refractivity contribution in [3.8, 4) is 0 Å². The van der Waals surface area contributed by atoms with E-state index in [0.29, 0.717) is 12.1 Å². The van der Waals surface area contributed by atoms with Crippen LogP contribution in [0.4, 0.5) is 5.69 Å². The molecule has 0 aliphatic carbocycles. The molecule has 0 fully saturated rings. The van der Waals surface area contributed by atoms with Crippen LogP contribution in [0.25, 0.3) is 0 Å². The Morgan fingerprint density at radius 2 is 1.62 bits per heavy atom. The summed E-state index contributed by atoms with van der Waals surface area (Å²) in [5.41, 5.74) is 4.68. The third kappa shape index (κ3) is 3.35. The Morgan fingerprint density at radius 3 is 2.33 bits per heavy atom. The number of aryl methyl sites for hydroxylation is 2. The second-order valence-corrected chi connectivity index (χ2v) is 5.85. The van der Waals surface area contributed by atoms with E-state index < -0.39 is 0 Å². The van der Waals surface area contributed by atoms with Gasteiger partial charge in [0, 0.05) is 23.6 Å². The van der Waals surface area contributed by atoms with Gasteiger partial charge in [0.25, 0.3) is 5.91 Å². The van der Waals surface area contributed by atoms with Crippen molar-refractivity contribution in [3.63, 3.8) is 0 Å². The van der Waals surface area contributed by atoms with Crippen LogP contribution < -0.4 is 4.90 Å². The van der Waals surface area contributed by atoms with E-state index in [1.165, 1.54) is 0 Å². The van der Waals surface area contributed by atoms with E-state index in [1.54, 1.807) is 18.5 Å². The van der Waals surface area contributed by atoms with Crippen molar-refractivity contribution in [2.24, 2.45) is 0 Å². The smallest absolute Gasteiger partial charge is 0.258 e. The molecule has 0 atom stereocenters. The fourth-order valence-corrected chi connectivity index (χ4v) is 2.76. The lowest BCUT2D eigenvalue weighted by atomic mass is 10.1. The zero-order chi connectivity index (χ0) is 16.9. The van der Waals surface area contributed by atoms with Gasteiger partial charge in [0.05, 0.1) is 6.54 Å². The molecule has 0 aliphatic rings. The largest absolute Gasteiger partial charge is 0.304 e. The Hall–Kier alpha value is -2.94. The van der Waals surface area contributed by atoms with Crippen molar-refractivity contribution in [1.82, 2.24) is 4.98 Å². The van der Waals surface area contributed by atoms with Gasteiger partial charge in [-0.25, -0.2) is 0 Å². The monoisotopic (exact) mass is 316 g/mol. The summed E-state index contributed by atoms with van der Waals surface area (Å²) in [5, 5.41) is 0. The average molecular weight is 316 g/mol. The van der Waals surface area contributed by atoms with E-state index in [0.717, 1.165) is 22.4 Å². The van der Waals surface area contributed by atoms with E-state index in [4.69, 9.17) is 0 Å². The Balaban J connectivity index is 2.04. The number of carbonyl (C=O) groups is 1. The summed E-state index contributed by atoms with van der Waals surface area (Å²) in [6.45, 7) is 4.48. The number of nitrogens with zero attached hydrogens (tertiary/aromatic N) is 2. The molecular weight excluding hydrogens is 296 g/mol. The third-order valence-electron chi connectivity index (χ3n) is 4.09. The molecule has 3 heteroatoms. The van der Waals surface area contributed by atoms with Gasteiger partial charge in [-0.15, -0.1) is 0 Å². The molecule has 0 N–H and O–H groups in total. The van der Waals surface area contributed by atoms with Crippen LogP contribution in [0.5, 0.6) is 0 Å². The summed E-state index contributed by atoms with van der Waals surface area (Å²) in [7, 11) is 0. The summed E-state index contributed by atoms with van der Waals surface area (Å²) in [4.78, 5) is 19.2. The van der Waals surface area contributed by atoms with Gasteiger partial charge in [0.1, 0.15) is 0 Å². The first kappa shape index (κ1) is 15.9. The molecule has 2 aromatic carbocycles. The maximum Gasteiger partial charge on any atom is 0.258 e. The van der Waals surface area contributed by atoms with Crippen LogP contribution in [0.15, 0.2) is 73.1 Å². The molecule has 1 aromatic heterocycles. The second-order valence-electron chi connectivity index (χ2n) is 5.85. The van der Waals surface area contributed by atoms with Crippen molar-refractivity contribution >= 4 is 11.6 Å². The highest BCUT2D eigenvalue weighted by molar-refractivity contribution is 6.07. The summed E-state index contributed by atoms with van der Waals surface area (Å²) < 4.78 is 0. The minimum atomic E-state index is -0.00643. The molecule has 24 heavy (non-hydrogen) atoms. The molecule has 0 saturated heterocycles. The standard InChI is InChI=1S/C21H20N2O/c1-16-8-6-7-11-20(16)23(15-18-9-4-3-5-10-18)21(24)19-12-13-22-14-17(19)2/h3-14H,15H2,1-2H3. The summed E-state index contributed by atoms with van der Waals surface area (Å²) in [5.74, 6) is -0.00643. The Bertz CT molecular complexity index is 843. The van der Waals surface area contributed by atoms with E-state index in [-0.39, 0.29) is 5.91 Å². The fraction of sp³-hybridized carbons (Fsp3) is 0.143. The Morgan fingerprint density at radius 1 is 0.917 bits per heavy atom. The molecule has 0 bridgehead atoms. The number of anilines is 1. The zero-order valence-corrected chi connectivity index (χ0v) is 13.9. The molecule has 0 aliphatic heterocycles. The lowest BCUT2D eigenvalue weighted by Gasteiger charge is -2.25. The molecular formula is C21H20N2O. The van der Waals surface area contributed by atoms with Crippen LogP contribution in [-0.4, -0.2) is 10.9 Å². The molecule has 0 radical (unpaired) electrons. The van der Waals surface area contributed by atoms with Gasteiger partial charge in [-0.2, -0.15) is 0 Å². The van der Waals surface area contributed by atoms with Crippen molar-refractivity contribution in [2.75, 3.05) is 4.90 Å². The molecule has 0 spiro atoms. The lowest BCUT2D eigenvalue weighted by molar-refractivity contribution is 0.0984. The predicted molar refractivity (Wildman–Crippen MR) is 97.1 cm³/mol. The zero-order valence-electron chi connectivity index (χ0n) is 13.9. The van der Waals surface area contributed by atoms with Gasteiger partial charge >= 0.3 is 0 Å². The number of para-hydroxylation sites is 1. The van der Waals surface area contributed by atoms with Gasteiger partial charge in [0.15, 0.2) is 0 Å². The number of aromatic nitrogens is 1. The van der Waals surface area contributed by atoms with Crippen LogP contribution in [0, 0.1) is 13.8 Å². The van der Waals surface area contributed by atoms with E-state index in [1.807, 2.05) is 73.3 Å². The van der Waals surface area contributed by atoms with Crippen LogP contribution in [0.3, 0.4) is 0 Å². The van der Waals surface area contributed by atoms with E-state index >= 15 is 0 Å². The van der Waals surface area contributed by atoms with Crippen LogP contribution >= 0.6 is 0 Å². The first-order valence-electron chi connectivity index (χ1n) is 7.99. The number of hydrogen-bond donors (Lipinski definition) is 0. The minimum absolute atomic E-state index is 0.00643. The average Bonchev–Trinajstić information content (AvgIpc) is 2.61. The van der Waals surface area contributed by atoms with Crippen molar-refractivity contribution in [3.05, 3.63) is 95.3 Å². The van der Waals surface area contributed by atoms with Crippen molar-refractivity contribution in [2.45, 2.75) is 20.4 Å². The number of hydrogen-bond acceptors (Lipinski definition) is 2. The highest BCUT2D eigenvalue weighted by Crippen LogP contribution is 2.24. The lowest BCUT2D eigenvalue weighted by Crippen LogP contribution is -2.31. The van der Waals surface area contributed by atoms with Crippen LogP contribution in [-0.2, 0) is 6.54 Å². The summed E-state index contributed by atoms with van der Waals surface area (Å²) >= 11 is 0. The number of benzene rings is 2. The molecule has 1 amide bonds. The van der Waals surface area contributed by atoms with Crippen LogP contribution in [0.1, 0.15) is 27.0 Å². The van der Waals surface area contributed by atoms with Gasteiger partial charge < -0.3 is 4.90 Å². The van der Waals surface area contributed by atoms with Gasteiger partial charge in [-0.05, 0) is 42.7 Å². The normalized spacial score (nSPS) is 10.4. The first-order chi connectivity index (χ1) is 11.7. The minimum Gasteiger partial charge on any atom is -0.304 e. The van der Waals surface area contributed by atoms with E-state index in [9.17, 15) is 4.79 Å². The molecule has 0 saturated carbocycles. The fourth-order valence-electron chi connectivity index (χ4n) is 2.76. The summed E-state index contributed by atoms with van der Waals surface area (Å²) in [6, 6.07) is 19.8. The molecule has 3 nitrogen and oxygen atoms in total. The number of carbonyl (C=O) groups excluding carboxylic acids is 1. The van der Waals surface area contributed by atoms with E-state index in [2.05, 4.69) is 4.98 Å². The SMILES string of the molecule is Cc1cnccc1C(=O)N(Cc1ccccc1)c1ccccc1C. The highest BCUT2D eigenvalue weighted by Gasteiger charge is 2.21. The summed E-state index contributed by atoms with van der Waals surface area (Å²) in [6.07, 6.45) is 3.39. The van der Waals surface area contributed by atoms with Crippen LogP contribution in [0.2, 0.25) is 0 Å². The maximum atomic E-state index is 13.2. The maximum absolute atomic E-state index is 13.2. The molecule has 1 heterocycles. The van der Waals surface area contributed by atoms with Gasteiger partial charge in [-0.1, -0.05) is 48.5 Å². The topological polar surface area (TPSA) is 33.2 Å². The molecule has 0 unspecified atom stereocenters. The van der Waals surface area contributed by atoms with Gasteiger partial charge in [0.2, 0.25) is 0 Å². The predicted octanol–water partition coefficient (Wildman–Crippen LogP) is 4.55. The third-order valence-corrected chi connectivity index (χ3v) is 4.09.